The minimum absolute atomic E-state index is 1.19. The molecule has 0 aliphatic rings. The number of aryl methyl sites for hydroxylation is 2. The van der Waals surface area contributed by atoms with Gasteiger partial charge >= 0.3 is 0 Å². The van der Waals surface area contributed by atoms with E-state index in [2.05, 4.69) is 42.3 Å². The summed E-state index contributed by atoms with van der Waals surface area (Å²) in [6.07, 6.45) is 21.1. The molecule has 0 radical (unpaired) electrons. The molecule has 0 saturated heterocycles. The molecule has 1 aromatic rings. The first-order chi connectivity index (χ1) is 10.8. The van der Waals surface area contributed by atoms with Crippen LogP contribution in [0.1, 0.15) is 96.7 Å². The Kier molecular flexibility index (Phi) is 11.1. The second-order valence-corrected chi connectivity index (χ2v) is 6.77. The van der Waals surface area contributed by atoms with Gasteiger partial charge in [0.1, 0.15) is 12.4 Å². The van der Waals surface area contributed by atoms with Crippen molar-refractivity contribution in [3.8, 4) is 0 Å². The zero-order valence-electron chi connectivity index (χ0n) is 15.4. The lowest BCUT2D eigenvalue weighted by molar-refractivity contribution is -0.702. The first kappa shape index (κ1) is 19.3. The van der Waals surface area contributed by atoms with Crippen molar-refractivity contribution in [3.63, 3.8) is 0 Å². The van der Waals surface area contributed by atoms with Crippen LogP contribution in [0.25, 0.3) is 0 Å². The third-order valence-corrected chi connectivity index (χ3v) is 4.76. The largest absolute Gasteiger partial charge is 0.253 e. The van der Waals surface area contributed by atoms with Crippen LogP contribution in [0.15, 0.2) is 12.4 Å². The average molecular weight is 308 g/mol. The Labute approximate surface area is 138 Å². The summed E-state index contributed by atoms with van der Waals surface area (Å²) in [6, 6.07) is 0. The normalized spacial score (nSPS) is 11.2. The van der Waals surface area contributed by atoms with E-state index in [1.54, 1.807) is 0 Å². The van der Waals surface area contributed by atoms with Gasteiger partial charge in [0.2, 0.25) is 0 Å². The van der Waals surface area contributed by atoms with Gasteiger partial charge in [0.15, 0.2) is 0 Å². The van der Waals surface area contributed by atoms with Crippen molar-refractivity contribution < 1.29 is 4.57 Å². The first-order valence-electron chi connectivity index (χ1n) is 9.84. The molecule has 2 heteroatoms. The molecule has 0 amide bonds. The molecular formula is C20H39N2+. The predicted molar refractivity (Wildman–Crippen MR) is 96.1 cm³/mol. The summed E-state index contributed by atoms with van der Waals surface area (Å²) in [4.78, 5) is 0. The standard InChI is InChI=1S/C20H39N2/c1-4-6-8-10-11-13-15-17-22-19-18-21(20(22)3)16-14-12-9-7-5-2/h18-19H,4-17H2,1-3H3/q+1. The highest BCUT2D eigenvalue weighted by Crippen LogP contribution is 2.08. The van der Waals surface area contributed by atoms with Crippen LogP contribution in [0, 0.1) is 6.92 Å². The smallest absolute Gasteiger partial charge is 0.234 e. The van der Waals surface area contributed by atoms with Crippen LogP contribution in [0.4, 0.5) is 0 Å². The molecule has 0 aliphatic heterocycles. The molecule has 1 aromatic heterocycles. The first-order valence-corrected chi connectivity index (χ1v) is 9.84. The number of unbranched alkanes of at least 4 members (excludes halogenated alkanes) is 10. The Morgan fingerprint density at radius 2 is 1.32 bits per heavy atom. The molecule has 0 atom stereocenters. The van der Waals surface area contributed by atoms with E-state index in [0.29, 0.717) is 0 Å². The van der Waals surface area contributed by atoms with Gasteiger partial charge in [0.05, 0.1) is 13.1 Å². The highest BCUT2D eigenvalue weighted by molar-refractivity contribution is 4.79. The molecule has 1 rings (SSSR count). The lowest BCUT2D eigenvalue weighted by Crippen LogP contribution is -2.35. The van der Waals surface area contributed by atoms with E-state index in [4.69, 9.17) is 0 Å². The molecule has 0 aromatic carbocycles. The fraction of sp³-hybridized carbons (Fsp3) is 0.850. The maximum atomic E-state index is 2.44. The quantitative estimate of drug-likeness (QED) is 0.303. The molecule has 0 unspecified atom stereocenters. The van der Waals surface area contributed by atoms with E-state index in [1.807, 2.05) is 0 Å². The molecule has 22 heavy (non-hydrogen) atoms. The van der Waals surface area contributed by atoms with E-state index >= 15 is 0 Å². The molecule has 0 N–H and O–H groups in total. The highest BCUT2D eigenvalue weighted by atomic mass is 15.1. The molecular weight excluding hydrogens is 268 g/mol. The second kappa shape index (κ2) is 12.7. The average Bonchev–Trinajstić information content (AvgIpc) is 2.87. The van der Waals surface area contributed by atoms with Crippen LogP contribution in [0.2, 0.25) is 0 Å². The van der Waals surface area contributed by atoms with Crippen molar-refractivity contribution in [2.75, 3.05) is 0 Å². The summed E-state index contributed by atoms with van der Waals surface area (Å²) in [5.74, 6) is 1.43. The Bertz CT molecular complexity index is 368. The van der Waals surface area contributed by atoms with Crippen molar-refractivity contribution in [1.82, 2.24) is 4.57 Å². The second-order valence-electron chi connectivity index (χ2n) is 6.77. The van der Waals surface area contributed by atoms with Crippen molar-refractivity contribution >= 4 is 0 Å². The van der Waals surface area contributed by atoms with Crippen LogP contribution < -0.4 is 4.57 Å². The van der Waals surface area contributed by atoms with Gasteiger partial charge in [-0.3, -0.25) is 0 Å². The van der Waals surface area contributed by atoms with Gasteiger partial charge in [-0.25, -0.2) is 9.13 Å². The molecule has 0 spiro atoms. The zero-order valence-corrected chi connectivity index (χ0v) is 15.4. The zero-order chi connectivity index (χ0) is 16.0. The number of aromatic nitrogens is 2. The molecule has 2 nitrogen and oxygen atoms in total. The molecule has 0 saturated carbocycles. The molecule has 0 aliphatic carbocycles. The summed E-state index contributed by atoms with van der Waals surface area (Å²) in [5, 5.41) is 0. The lowest BCUT2D eigenvalue weighted by atomic mass is 10.1. The van der Waals surface area contributed by atoms with Crippen LogP contribution in [0.3, 0.4) is 0 Å². The van der Waals surface area contributed by atoms with Gasteiger partial charge in [0.25, 0.3) is 5.82 Å². The van der Waals surface area contributed by atoms with Gasteiger partial charge in [-0.15, -0.1) is 0 Å². The van der Waals surface area contributed by atoms with E-state index < -0.39 is 0 Å². The summed E-state index contributed by atoms with van der Waals surface area (Å²) in [7, 11) is 0. The molecule has 0 bridgehead atoms. The van der Waals surface area contributed by atoms with Gasteiger partial charge in [0, 0.05) is 6.92 Å². The fourth-order valence-corrected chi connectivity index (χ4v) is 3.14. The number of imidazole rings is 1. The maximum absolute atomic E-state index is 2.44. The van der Waals surface area contributed by atoms with Crippen LogP contribution in [-0.2, 0) is 13.1 Å². The summed E-state index contributed by atoms with van der Waals surface area (Å²) in [5.41, 5.74) is 0. The number of hydrogen-bond acceptors (Lipinski definition) is 0. The summed E-state index contributed by atoms with van der Waals surface area (Å²) in [6.45, 7) is 9.23. The van der Waals surface area contributed by atoms with E-state index in [-0.39, 0.29) is 0 Å². The van der Waals surface area contributed by atoms with Crippen molar-refractivity contribution in [1.29, 1.82) is 0 Å². The van der Waals surface area contributed by atoms with Gasteiger partial charge in [-0.05, 0) is 25.7 Å². The number of hydrogen-bond donors (Lipinski definition) is 0. The van der Waals surface area contributed by atoms with Crippen LogP contribution in [0.5, 0.6) is 0 Å². The predicted octanol–water partition coefficient (Wildman–Crippen LogP) is 5.81. The SMILES string of the molecule is CCCCCCCCCn1cc[n+](CCCCCCC)c1C. The maximum Gasteiger partial charge on any atom is 0.253 e. The van der Waals surface area contributed by atoms with Crippen molar-refractivity contribution in [2.45, 2.75) is 111 Å². The third-order valence-electron chi connectivity index (χ3n) is 4.76. The van der Waals surface area contributed by atoms with E-state index in [1.165, 1.54) is 96.0 Å². The Balaban J connectivity index is 2.14. The topological polar surface area (TPSA) is 8.81 Å². The van der Waals surface area contributed by atoms with Gasteiger partial charge in [-0.1, -0.05) is 65.2 Å². The van der Waals surface area contributed by atoms with Crippen molar-refractivity contribution in [2.24, 2.45) is 0 Å². The Morgan fingerprint density at radius 3 is 1.95 bits per heavy atom. The Hall–Kier alpha value is -0.790. The third kappa shape index (κ3) is 8.00. The molecule has 128 valence electrons. The van der Waals surface area contributed by atoms with Crippen molar-refractivity contribution in [3.05, 3.63) is 18.2 Å². The Morgan fingerprint density at radius 1 is 0.773 bits per heavy atom. The highest BCUT2D eigenvalue weighted by Gasteiger charge is 2.11. The van der Waals surface area contributed by atoms with Gasteiger partial charge < -0.3 is 0 Å². The summed E-state index contributed by atoms with van der Waals surface area (Å²) >= 11 is 0. The summed E-state index contributed by atoms with van der Waals surface area (Å²) < 4.78 is 4.88. The van der Waals surface area contributed by atoms with Crippen LogP contribution >= 0.6 is 0 Å². The molecule has 0 fully saturated rings. The fourth-order valence-electron chi connectivity index (χ4n) is 3.14. The minimum Gasteiger partial charge on any atom is -0.234 e. The van der Waals surface area contributed by atoms with Gasteiger partial charge in [-0.2, -0.15) is 0 Å². The van der Waals surface area contributed by atoms with E-state index in [9.17, 15) is 0 Å². The van der Waals surface area contributed by atoms with Crippen LogP contribution in [-0.4, -0.2) is 4.57 Å². The minimum atomic E-state index is 1.19. The van der Waals surface area contributed by atoms with E-state index in [0.717, 1.165) is 0 Å². The lowest BCUT2D eigenvalue weighted by Gasteiger charge is -2.03. The number of nitrogens with zero attached hydrogens (tertiary/aromatic N) is 2. The molecule has 1 heterocycles. The monoisotopic (exact) mass is 307 g/mol. The number of rotatable bonds is 14.